The topological polar surface area (TPSA) is 140 Å². The van der Waals surface area contributed by atoms with E-state index in [-0.39, 0.29) is 63.9 Å². The lowest BCUT2D eigenvalue weighted by atomic mass is 9.97. The number of aromatic hydroxyl groups is 2. The van der Waals surface area contributed by atoms with E-state index >= 15 is 0 Å². The summed E-state index contributed by atoms with van der Waals surface area (Å²) in [7, 11) is 1.33. The Balaban J connectivity index is 2.17. The first-order chi connectivity index (χ1) is 17.2. The van der Waals surface area contributed by atoms with E-state index in [0.29, 0.717) is 12.8 Å². The number of carboxylic acids is 1. The Labute approximate surface area is 209 Å². The maximum absolute atomic E-state index is 13.2. The number of carboxylic acid groups (broad SMARTS) is 1. The van der Waals surface area contributed by atoms with Crippen LogP contribution in [0.1, 0.15) is 90.6 Å². The number of ether oxygens (including phenoxy) is 3. The molecule has 1 aliphatic rings. The Morgan fingerprint density at radius 1 is 0.972 bits per heavy atom. The summed E-state index contributed by atoms with van der Waals surface area (Å²) < 4.78 is 16.8. The average molecular weight is 501 g/mol. The molecule has 0 atom stereocenters. The Kier molecular flexibility index (Phi) is 8.79. The summed E-state index contributed by atoms with van der Waals surface area (Å²) in [6.45, 7) is 4.02. The molecular formula is C27H32O9. The van der Waals surface area contributed by atoms with Gasteiger partial charge in [-0.25, -0.2) is 9.59 Å². The van der Waals surface area contributed by atoms with Crippen LogP contribution in [-0.2, 0) is 17.6 Å². The molecule has 36 heavy (non-hydrogen) atoms. The molecule has 0 saturated carbocycles. The van der Waals surface area contributed by atoms with Crippen LogP contribution < -0.4 is 14.2 Å². The molecule has 2 aromatic rings. The quantitative estimate of drug-likeness (QED) is 0.194. The fourth-order valence-electron chi connectivity index (χ4n) is 4.31. The number of hydrogen-bond acceptors (Lipinski definition) is 8. The second-order valence-electron chi connectivity index (χ2n) is 8.79. The zero-order chi connectivity index (χ0) is 26.4. The predicted molar refractivity (Wildman–Crippen MR) is 131 cm³/mol. The first-order valence-electron chi connectivity index (χ1n) is 12.2. The molecule has 0 unspecified atom stereocenters. The van der Waals surface area contributed by atoms with E-state index in [4.69, 9.17) is 14.2 Å². The first kappa shape index (κ1) is 26.8. The Morgan fingerprint density at radius 3 is 2.31 bits per heavy atom. The van der Waals surface area contributed by atoms with Crippen LogP contribution in [0, 0.1) is 0 Å². The van der Waals surface area contributed by atoms with Gasteiger partial charge >= 0.3 is 11.9 Å². The minimum absolute atomic E-state index is 0.00822. The van der Waals surface area contributed by atoms with Gasteiger partial charge in [0, 0.05) is 24.5 Å². The monoisotopic (exact) mass is 500 g/mol. The molecule has 3 N–H and O–H groups in total. The number of methoxy groups -OCH3 is 1. The van der Waals surface area contributed by atoms with Crippen molar-refractivity contribution in [3.8, 4) is 34.5 Å². The van der Waals surface area contributed by atoms with Crippen molar-refractivity contribution in [3.63, 3.8) is 0 Å². The molecule has 0 spiro atoms. The van der Waals surface area contributed by atoms with Crippen molar-refractivity contribution in [1.29, 1.82) is 0 Å². The highest BCUT2D eigenvalue weighted by atomic mass is 16.6. The third-order valence-corrected chi connectivity index (χ3v) is 6.15. The minimum Gasteiger partial charge on any atom is -0.507 e. The van der Waals surface area contributed by atoms with E-state index in [1.165, 1.54) is 13.2 Å². The number of hydrogen-bond donors (Lipinski definition) is 3. The molecular weight excluding hydrogens is 468 g/mol. The largest absolute Gasteiger partial charge is 0.507 e. The van der Waals surface area contributed by atoms with E-state index in [1.54, 1.807) is 0 Å². The number of phenols is 2. The van der Waals surface area contributed by atoms with Crippen molar-refractivity contribution in [2.45, 2.75) is 71.6 Å². The Bertz CT molecular complexity index is 1170. The van der Waals surface area contributed by atoms with Crippen LogP contribution >= 0.6 is 0 Å². The van der Waals surface area contributed by atoms with Gasteiger partial charge in [-0.1, -0.05) is 39.5 Å². The van der Waals surface area contributed by atoms with Gasteiger partial charge < -0.3 is 29.5 Å². The van der Waals surface area contributed by atoms with Gasteiger partial charge in [0.15, 0.2) is 23.0 Å². The number of aromatic carboxylic acids is 1. The highest BCUT2D eigenvalue weighted by molar-refractivity contribution is 6.01. The molecule has 0 bridgehead atoms. The van der Waals surface area contributed by atoms with Gasteiger partial charge in [0.25, 0.3) is 0 Å². The van der Waals surface area contributed by atoms with Gasteiger partial charge in [-0.15, -0.1) is 0 Å². The van der Waals surface area contributed by atoms with Crippen molar-refractivity contribution >= 4 is 17.7 Å². The van der Waals surface area contributed by atoms with E-state index in [9.17, 15) is 29.7 Å². The lowest BCUT2D eigenvalue weighted by Gasteiger charge is -2.18. The molecule has 0 radical (unpaired) electrons. The Hall–Kier alpha value is -3.75. The van der Waals surface area contributed by atoms with Crippen LogP contribution in [0.25, 0.3) is 0 Å². The van der Waals surface area contributed by atoms with Crippen LogP contribution in [0.3, 0.4) is 0 Å². The molecule has 0 aliphatic carbocycles. The standard InChI is InChI=1S/C27H32O9/c1-4-6-8-10-16(28)12-15-13-19(34-3)23(30)25-21(15)27(33)35-20-14-18(29)22(26(31)32)17(24(20)36-25)11-9-7-5-2/h13-14,29-30H,4-12H2,1-3H3,(H,31,32). The van der Waals surface area contributed by atoms with Gasteiger partial charge in [0.1, 0.15) is 22.7 Å². The summed E-state index contributed by atoms with van der Waals surface area (Å²) in [4.78, 5) is 37.8. The van der Waals surface area contributed by atoms with E-state index in [1.807, 2.05) is 13.8 Å². The van der Waals surface area contributed by atoms with Crippen LogP contribution in [-0.4, -0.2) is 40.2 Å². The summed E-state index contributed by atoms with van der Waals surface area (Å²) in [5.74, 6) is -3.97. The number of phenolic OH excluding ortho intramolecular Hbond substituents is 1. The molecule has 0 amide bonds. The van der Waals surface area contributed by atoms with Crippen molar-refractivity contribution in [2.75, 3.05) is 7.11 Å². The molecule has 0 aromatic heterocycles. The summed E-state index contributed by atoms with van der Waals surface area (Å²) in [6.07, 6.45) is 5.30. The van der Waals surface area contributed by atoms with E-state index < -0.39 is 23.4 Å². The molecule has 0 fully saturated rings. The van der Waals surface area contributed by atoms with Gasteiger partial charge in [-0.05, 0) is 30.9 Å². The zero-order valence-corrected chi connectivity index (χ0v) is 20.8. The third-order valence-electron chi connectivity index (χ3n) is 6.15. The number of carbonyl (C=O) groups is 3. The lowest BCUT2D eigenvalue weighted by Crippen LogP contribution is -2.14. The number of Topliss-reactive ketones (excluding diaryl/α,β-unsaturated/α-hetero) is 1. The highest BCUT2D eigenvalue weighted by Gasteiger charge is 2.35. The van der Waals surface area contributed by atoms with Crippen molar-refractivity contribution < 1.29 is 43.9 Å². The van der Waals surface area contributed by atoms with Crippen LogP contribution in [0.2, 0.25) is 0 Å². The van der Waals surface area contributed by atoms with Crippen LogP contribution in [0.5, 0.6) is 34.5 Å². The zero-order valence-electron chi connectivity index (χ0n) is 20.8. The van der Waals surface area contributed by atoms with Crippen molar-refractivity contribution in [3.05, 3.63) is 34.4 Å². The molecule has 2 aromatic carbocycles. The number of fused-ring (bicyclic) bond motifs is 2. The lowest BCUT2D eigenvalue weighted by molar-refractivity contribution is -0.118. The smallest absolute Gasteiger partial charge is 0.347 e. The normalized spacial score (nSPS) is 12.1. The fourth-order valence-corrected chi connectivity index (χ4v) is 4.31. The molecule has 9 nitrogen and oxygen atoms in total. The first-order valence-corrected chi connectivity index (χ1v) is 12.2. The number of ketones is 1. The summed E-state index contributed by atoms with van der Waals surface area (Å²) in [5, 5.41) is 31.1. The summed E-state index contributed by atoms with van der Waals surface area (Å²) in [5.41, 5.74) is -0.109. The predicted octanol–water partition coefficient (Wildman–Crippen LogP) is 5.55. The molecule has 0 saturated heterocycles. The molecule has 1 heterocycles. The van der Waals surface area contributed by atoms with Gasteiger partial charge in [-0.3, -0.25) is 4.79 Å². The molecule has 9 heteroatoms. The van der Waals surface area contributed by atoms with Gasteiger partial charge in [-0.2, -0.15) is 0 Å². The summed E-state index contributed by atoms with van der Waals surface area (Å²) in [6, 6.07) is 2.41. The number of unbranched alkanes of at least 4 members (excludes halogenated alkanes) is 4. The van der Waals surface area contributed by atoms with Crippen molar-refractivity contribution in [1.82, 2.24) is 0 Å². The number of rotatable bonds is 12. The molecule has 1 aliphatic heterocycles. The SMILES string of the molecule is CCCCCC(=O)Cc1cc(OC)c(O)c2c1C(=O)Oc1cc(O)c(C(=O)O)c(CCCCC)c1O2. The third kappa shape index (κ3) is 5.56. The van der Waals surface area contributed by atoms with E-state index in [0.717, 1.165) is 38.2 Å². The summed E-state index contributed by atoms with van der Waals surface area (Å²) >= 11 is 0. The highest BCUT2D eigenvalue weighted by Crippen LogP contribution is 2.51. The maximum atomic E-state index is 13.2. The Morgan fingerprint density at radius 2 is 1.67 bits per heavy atom. The van der Waals surface area contributed by atoms with E-state index in [2.05, 4.69) is 0 Å². The number of benzene rings is 2. The number of esters is 1. The van der Waals surface area contributed by atoms with Crippen LogP contribution in [0.4, 0.5) is 0 Å². The van der Waals surface area contributed by atoms with Gasteiger partial charge in [0.2, 0.25) is 5.75 Å². The number of carbonyl (C=O) groups excluding carboxylic acids is 2. The maximum Gasteiger partial charge on any atom is 0.347 e. The van der Waals surface area contributed by atoms with Gasteiger partial charge in [0.05, 0.1) is 7.11 Å². The molecule has 194 valence electrons. The second-order valence-corrected chi connectivity index (χ2v) is 8.79. The fraction of sp³-hybridized carbons (Fsp3) is 0.444. The minimum atomic E-state index is -1.37. The molecule has 3 rings (SSSR count). The average Bonchev–Trinajstić information content (AvgIpc) is 2.97. The second kappa shape index (κ2) is 11.8. The van der Waals surface area contributed by atoms with Crippen molar-refractivity contribution in [2.24, 2.45) is 0 Å². The van der Waals surface area contributed by atoms with Crippen LogP contribution in [0.15, 0.2) is 12.1 Å².